The summed E-state index contributed by atoms with van der Waals surface area (Å²) in [6.07, 6.45) is 1.71. The predicted molar refractivity (Wildman–Crippen MR) is 135 cm³/mol. The Labute approximate surface area is 203 Å². The van der Waals surface area contributed by atoms with E-state index in [2.05, 4.69) is 31.4 Å². The van der Waals surface area contributed by atoms with E-state index in [9.17, 15) is 0 Å². The van der Waals surface area contributed by atoms with Crippen LogP contribution < -0.4 is 14.9 Å². The molecule has 5 nitrogen and oxygen atoms in total. The molecular weight excluding hydrogens is 510 g/mol. The Morgan fingerprint density at radius 2 is 1.91 bits per heavy atom. The molecule has 0 unspecified atom stereocenters. The molecule has 162 valence electrons. The van der Waals surface area contributed by atoms with E-state index in [1.807, 2.05) is 72.1 Å². The van der Waals surface area contributed by atoms with E-state index in [0.717, 1.165) is 26.9 Å². The smallest absolute Gasteiger partial charge is 0.203 e. The summed E-state index contributed by atoms with van der Waals surface area (Å²) >= 11 is 11.1. The van der Waals surface area contributed by atoms with Gasteiger partial charge >= 0.3 is 0 Å². The van der Waals surface area contributed by atoms with Crippen LogP contribution in [0, 0.1) is 0 Å². The fourth-order valence-corrected chi connectivity index (χ4v) is 4.02. The minimum absolute atomic E-state index is 0.357. The Kier molecular flexibility index (Phi) is 7.42. The van der Waals surface area contributed by atoms with Crippen LogP contribution in [0.15, 0.2) is 81.7 Å². The number of nitrogens with zero attached hydrogens (tertiary/aromatic N) is 2. The van der Waals surface area contributed by atoms with Crippen molar-refractivity contribution in [3.63, 3.8) is 0 Å². The highest BCUT2D eigenvalue weighted by atomic mass is 79.9. The fourth-order valence-electron chi connectivity index (χ4n) is 2.90. The fraction of sp³-hybridized carbons (Fsp3) is 0.0833. The molecule has 3 aromatic carbocycles. The van der Waals surface area contributed by atoms with Crippen LogP contribution in [-0.2, 0) is 6.61 Å². The molecule has 0 saturated carbocycles. The first-order chi connectivity index (χ1) is 15.6. The SMILES string of the molecule is COc1cc(/C=N\Nc2nc(-c3ccc(Br)cc3)cs2)ccc1OCc1ccccc1Cl. The number of nitrogens with one attached hydrogen (secondary N) is 1. The number of anilines is 1. The zero-order valence-corrected chi connectivity index (χ0v) is 20.2. The van der Waals surface area contributed by atoms with Gasteiger partial charge in [0.1, 0.15) is 6.61 Å². The third-order valence-electron chi connectivity index (χ3n) is 4.55. The Hall–Kier alpha value is -2.87. The maximum Gasteiger partial charge on any atom is 0.203 e. The van der Waals surface area contributed by atoms with Crippen molar-refractivity contribution < 1.29 is 9.47 Å². The number of benzene rings is 3. The average Bonchev–Trinajstić information content (AvgIpc) is 3.28. The van der Waals surface area contributed by atoms with Gasteiger partial charge in [-0.15, -0.1) is 11.3 Å². The van der Waals surface area contributed by atoms with Gasteiger partial charge in [-0.25, -0.2) is 4.98 Å². The van der Waals surface area contributed by atoms with Gasteiger partial charge in [0.15, 0.2) is 11.5 Å². The summed E-state index contributed by atoms with van der Waals surface area (Å²) in [5.41, 5.74) is 6.72. The van der Waals surface area contributed by atoms with Crippen molar-refractivity contribution in [2.75, 3.05) is 12.5 Å². The lowest BCUT2D eigenvalue weighted by Gasteiger charge is -2.12. The maximum atomic E-state index is 6.20. The molecule has 1 aromatic heterocycles. The first-order valence-electron chi connectivity index (χ1n) is 9.67. The predicted octanol–water partition coefficient (Wildman–Crippen LogP) is 7.26. The van der Waals surface area contributed by atoms with Gasteiger partial charge in [0, 0.05) is 26.0 Å². The highest BCUT2D eigenvalue weighted by molar-refractivity contribution is 9.10. The first kappa shape index (κ1) is 22.3. The molecule has 1 N–H and O–H groups in total. The van der Waals surface area contributed by atoms with Crippen LogP contribution in [-0.4, -0.2) is 18.3 Å². The molecule has 0 saturated heterocycles. The topological polar surface area (TPSA) is 55.7 Å². The van der Waals surface area contributed by atoms with Crippen molar-refractivity contribution in [1.82, 2.24) is 4.98 Å². The first-order valence-corrected chi connectivity index (χ1v) is 11.7. The van der Waals surface area contributed by atoms with Crippen LogP contribution in [0.3, 0.4) is 0 Å². The molecule has 1 heterocycles. The number of hydrazone groups is 1. The third-order valence-corrected chi connectivity index (χ3v) is 6.19. The Bertz CT molecular complexity index is 1230. The van der Waals surface area contributed by atoms with E-state index >= 15 is 0 Å². The van der Waals surface area contributed by atoms with Crippen molar-refractivity contribution in [2.24, 2.45) is 5.10 Å². The molecular formula is C24H19BrClN3O2S. The lowest BCUT2D eigenvalue weighted by molar-refractivity contribution is 0.284. The molecule has 0 radical (unpaired) electrons. The van der Waals surface area contributed by atoms with E-state index in [0.29, 0.717) is 28.3 Å². The third kappa shape index (κ3) is 5.68. The van der Waals surface area contributed by atoms with Gasteiger partial charge in [-0.05, 0) is 42.0 Å². The molecule has 4 aromatic rings. The molecule has 32 heavy (non-hydrogen) atoms. The van der Waals surface area contributed by atoms with Crippen molar-refractivity contribution >= 4 is 50.2 Å². The monoisotopic (exact) mass is 527 g/mol. The van der Waals surface area contributed by atoms with Crippen LogP contribution in [0.2, 0.25) is 5.02 Å². The number of rotatable bonds is 8. The van der Waals surface area contributed by atoms with Crippen molar-refractivity contribution in [3.8, 4) is 22.8 Å². The van der Waals surface area contributed by atoms with Crippen molar-refractivity contribution in [1.29, 1.82) is 0 Å². The van der Waals surface area contributed by atoms with Gasteiger partial charge in [-0.2, -0.15) is 5.10 Å². The molecule has 0 aliphatic rings. The van der Waals surface area contributed by atoms with Crippen molar-refractivity contribution in [2.45, 2.75) is 6.61 Å². The second kappa shape index (κ2) is 10.6. The number of methoxy groups -OCH3 is 1. The molecule has 0 spiro atoms. The largest absolute Gasteiger partial charge is 0.493 e. The standard InChI is InChI=1S/C24H19BrClN3O2S/c1-30-23-12-16(6-11-22(23)31-14-18-4-2-3-5-20(18)26)13-27-29-24-28-21(15-32-24)17-7-9-19(25)10-8-17/h2-13,15H,14H2,1H3,(H,28,29)/b27-13-. The quantitative estimate of drug-likeness (QED) is 0.193. The number of hydrogen-bond donors (Lipinski definition) is 1. The molecule has 0 fully saturated rings. The lowest BCUT2D eigenvalue weighted by Crippen LogP contribution is -1.99. The summed E-state index contributed by atoms with van der Waals surface area (Å²) in [6.45, 7) is 0.357. The molecule has 0 atom stereocenters. The number of aromatic nitrogens is 1. The molecule has 0 amide bonds. The van der Waals surface area contributed by atoms with Gasteiger partial charge in [-0.1, -0.05) is 57.9 Å². The molecule has 0 aliphatic heterocycles. The number of ether oxygens (including phenoxy) is 2. The number of halogens is 2. The van der Waals surface area contributed by atoms with Gasteiger partial charge in [0.25, 0.3) is 0 Å². The van der Waals surface area contributed by atoms with Gasteiger partial charge < -0.3 is 9.47 Å². The van der Waals surface area contributed by atoms with E-state index < -0.39 is 0 Å². The summed E-state index contributed by atoms with van der Waals surface area (Å²) in [4.78, 5) is 4.57. The van der Waals surface area contributed by atoms with E-state index in [1.54, 1.807) is 13.3 Å². The number of hydrogen-bond acceptors (Lipinski definition) is 6. The zero-order chi connectivity index (χ0) is 22.3. The Morgan fingerprint density at radius 1 is 1.09 bits per heavy atom. The molecule has 0 aliphatic carbocycles. The van der Waals surface area contributed by atoms with E-state index in [1.165, 1.54) is 11.3 Å². The van der Waals surface area contributed by atoms with Gasteiger partial charge in [0.2, 0.25) is 5.13 Å². The normalized spacial score (nSPS) is 11.0. The zero-order valence-electron chi connectivity index (χ0n) is 17.1. The van der Waals surface area contributed by atoms with Crippen LogP contribution in [0.5, 0.6) is 11.5 Å². The minimum atomic E-state index is 0.357. The Balaban J connectivity index is 1.39. The lowest BCUT2D eigenvalue weighted by atomic mass is 10.2. The average molecular weight is 529 g/mol. The summed E-state index contributed by atoms with van der Waals surface area (Å²) in [5.74, 6) is 1.25. The summed E-state index contributed by atoms with van der Waals surface area (Å²) < 4.78 is 12.4. The summed E-state index contributed by atoms with van der Waals surface area (Å²) in [7, 11) is 1.61. The van der Waals surface area contributed by atoms with Crippen LogP contribution in [0.1, 0.15) is 11.1 Å². The van der Waals surface area contributed by atoms with Crippen LogP contribution in [0.25, 0.3) is 11.3 Å². The summed E-state index contributed by atoms with van der Waals surface area (Å²) in [6, 6.07) is 21.3. The van der Waals surface area contributed by atoms with Crippen molar-refractivity contribution in [3.05, 3.63) is 92.7 Å². The van der Waals surface area contributed by atoms with E-state index in [4.69, 9.17) is 21.1 Å². The molecule has 8 heteroatoms. The summed E-state index contributed by atoms with van der Waals surface area (Å²) in [5, 5.41) is 7.68. The highest BCUT2D eigenvalue weighted by Gasteiger charge is 2.08. The van der Waals surface area contributed by atoms with Gasteiger partial charge in [-0.3, -0.25) is 5.43 Å². The number of thiazole rings is 1. The minimum Gasteiger partial charge on any atom is -0.493 e. The second-order valence-corrected chi connectivity index (χ2v) is 8.89. The van der Waals surface area contributed by atoms with E-state index in [-0.39, 0.29) is 0 Å². The van der Waals surface area contributed by atoms with Gasteiger partial charge in [0.05, 0.1) is 19.0 Å². The van der Waals surface area contributed by atoms with Crippen LogP contribution >= 0.6 is 38.9 Å². The van der Waals surface area contributed by atoms with Crippen LogP contribution in [0.4, 0.5) is 5.13 Å². The Morgan fingerprint density at radius 3 is 2.69 bits per heavy atom. The molecule has 0 bridgehead atoms. The highest BCUT2D eigenvalue weighted by Crippen LogP contribution is 2.29. The second-order valence-electron chi connectivity index (χ2n) is 6.71. The maximum absolute atomic E-state index is 6.20. The molecule has 4 rings (SSSR count).